The Labute approximate surface area is 72.7 Å². The molecule has 0 aliphatic carbocycles. The van der Waals surface area contributed by atoms with Crippen LogP contribution in [0, 0.1) is 0 Å². The molecule has 2 nitrogen and oxygen atoms in total. The Hall–Kier alpha value is -0.440. The number of piperidine rings is 1. The maximum absolute atomic E-state index is 11.1. The van der Waals surface area contributed by atoms with Crippen LogP contribution in [0.15, 0.2) is 12.7 Å². The fraction of sp³-hybridized carbons (Fsp3) is 0.625. The van der Waals surface area contributed by atoms with Crippen molar-refractivity contribution in [3.05, 3.63) is 12.7 Å². The van der Waals surface area contributed by atoms with Crippen LogP contribution in [0.5, 0.6) is 0 Å². The number of amides is 1. The fourth-order valence-corrected chi connectivity index (χ4v) is 1.45. The minimum Gasteiger partial charge on any atom is -0.339 e. The Bertz CT molecular complexity index is 161. The highest BCUT2D eigenvalue weighted by molar-refractivity contribution is 7.80. The molecule has 1 aliphatic rings. The van der Waals surface area contributed by atoms with Gasteiger partial charge in [0.25, 0.3) is 0 Å². The zero-order chi connectivity index (χ0) is 8.27. The van der Waals surface area contributed by atoms with Gasteiger partial charge in [0.1, 0.15) is 0 Å². The SMILES string of the molecule is C=CC(=O)N1CCC(S)CC1. The van der Waals surface area contributed by atoms with Crippen LogP contribution >= 0.6 is 12.6 Å². The molecule has 0 aromatic heterocycles. The summed E-state index contributed by atoms with van der Waals surface area (Å²) >= 11 is 4.34. The topological polar surface area (TPSA) is 20.3 Å². The molecule has 3 heteroatoms. The van der Waals surface area contributed by atoms with Gasteiger partial charge in [-0.05, 0) is 18.9 Å². The number of nitrogens with zero attached hydrogens (tertiary/aromatic N) is 1. The number of thiol groups is 1. The molecule has 0 bridgehead atoms. The van der Waals surface area contributed by atoms with Crippen molar-refractivity contribution in [2.45, 2.75) is 18.1 Å². The van der Waals surface area contributed by atoms with Gasteiger partial charge in [0, 0.05) is 18.3 Å². The molecule has 0 aromatic carbocycles. The molecule has 0 spiro atoms. The summed E-state index contributed by atoms with van der Waals surface area (Å²) in [5, 5.41) is 0.476. The lowest BCUT2D eigenvalue weighted by Gasteiger charge is -2.28. The van der Waals surface area contributed by atoms with E-state index in [0.717, 1.165) is 25.9 Å². The van der Waals surface area contributed by atoms with Crippen molar-refractivity contribution < 1.29 is 4.79 Å². The molecule has 0 atom stereocenters. The molecule has 1 amide bonds. The standard InChI is InChI=1S/C8H13NOS/c1-2-8(10)9-5-3-7(11)4-6-9/h2,7,11H,1,3-6H2. The third-order valence-corrected chi connectivity index (χ3v) is 2.47. The first kappa shape index (κ1) is 8.65. The molecule has 0 N–H and O–H groups in total. The molecule has 0 saturated carbocycles. The average molecular weight is 171 g/mol. The van der Waals surface area contributed by atoms with Crippen molar-refractivity contribution in [2.75, 3.05) is 13.1 Å². The lowest BCUT2D eigenvalue weighted by atomic mass is 10.1. The van der Waals surface area contributed by atoms with Crippen molar-refractivity contribution in [1.29, 1.82) is 0 Å². The maximum Gasteiger partial charge on any atom is 0.245 e. The van der Waals surface area contributed by atoms with E-state index in [-0.39, 0.29) is 5.91 Å². The lowest BCUT2D eigenvalue weighted by molar-refractivity contribution is -0.126. The lowest BCUT2D eigenvalue weighted by Crippen LogP contribution is -2.37. The summed E-state index contributed by atoms with van der Waals surface area (Å²) in [6, 6.07) is 0. The largest absolute Gasteiger partial charge is 0.339 e. The molecule has 1 rings (SSSR count). The van der Waals surface area contributed by atoms with Crippen molar-refractivity contribution in [3.8, 4) is 0 Å². The molecule has 62 valence electrons. The predicted octanol–water partition coefficient (Wildman–Crippen LogP) is 1.09. The normalized spacial score (nSPS) is 19.9. The van der Waals surface area contributed by atoms with E-state index in [1.807, 2.05) is 4.90 Å². The Kier molecular flexibility index (Phi) is 3.00. The molecule has 1 fully saturated rings. The number of likely N-dealkylation sites (tertiary alicyclic amines) is 1. The van der Waals surface area contributed by atoms with E-state index >= 15 is 0 Å². The third kappa shape index (κ3) is 2.26. The van der Waals surface area contributed by atoms with Crippen molar-refractivity contribution in [3.63, 3.8) is 0 Å². The number of hydrogen-bond acceptors (Lipinski definition) is 2. The zero-order valence-electron chi connectivity index (χ0n) is 6.49. The zero-order valence-corrected chi connectivity index (χ0v) is 7.39. The van der Waals surface area contributed by atoms with Gasteiger partial charge in [0.2, 0.25) is 5.91 Å². The minimum absolute atomic E-state index is 0.0465. The van der Waals surface area contributed by atoms with Crippen LogP contribution in [0.25, 0.3) is 0 Å². The molecule has 0 aromatic rings. The first-order valence-corrected chi connectivity index (χ1v) is 4.35. The van der Waals surface area contributed by atoms with Crippen LogP contribution < -0.4 is 0 Å². The van der Waals surface area contributed by atoms with Gasteiger partial charge in [-0.15, -0.1) is 0 Å². The molecule has 1 heterocycles. The maximum atomic E-state index is 11.1. The Morgan fingerprint density at radius 1 is 1.55 bits per heavy atom. The van der Waals surface area contributed by atoms with E-state index in [2.05, 4.69) is 19.2 Å². The minimum atomic E-state index is 0.0465. The molecule has 0 unspecified atom stereocenters. The van der Waals surface area contributed by atoms with E-state index in [1.54, 1.807) is 0 Å². The Morgan fingerprint density at radius 3 is 2.55 bits per heavy atom. The number of rotatable bonds is 1. The number of hydrogen-bond donors (Lipinski definition) is 1. The van der Waals surface area contributed by atoms with Gasteiger partial charge in [0.05, 0.1) is 0 Å². The molecule has 1 saturated heterocycles. The summed E-state index contributed by atoms with van der Waals surface area (Å²) in [7, 11) is 0. The highest BCUT2D eigenvalue weighted by Crippen LogP contribution is 2.14. The summed E-state index contributed by atoms with van der Waals surface area (Å²) in [4.78, 5) is 12.9. The Morgan fingerprint density at radius 2 is 2.09 bits per heavy atom. The van der Waals surface area contributed by atoms with Gasteiger partial charge >= 0.3 is 0 Å². The summed E-state index contributed by atoms with van der Waals surface area (Å²) in [5.41, 5.74) is 0. The number of carbonyl (C=O) groups is 1. The van der Waals surface area contributed by atoms with Crippen molar-refractivity contribution >= 4 is 18.5 Å². The average Bonchev–Trinajstić information content (AvgIpc) is 2.05. The van der Waals surface area contributed by atoms with Crippen LogP contribution in [0.1, 0.15) is 12.8 Å². The fourth-order valence-electron chi connectivity index (χ4n) is 1.22. The van der Waals surface area contributed by atoms with Gasteiger partial charge in [-0.1, -0.05) is 6.58 Å². The van der Waals surface area contributed by atoms with E-state index in [1.165, 1.54) is 6.08 Å². The Balaban J connectivity index is 2.38. The smallest absolute Gasteiger partial charge is 0.245 e. The highest BCUT2D eigenvalue weighted by Gasteiger charge is 2.18. The molecular formula is C8H13NOS. The van der Waals surface area contributed by atoms with Crippen molar-refractivity contribution in [1.82, 2.24) is 4.90 Å². The van der Waals surface area contributed by atoms with Crippen LogP contribution in [0.2, 0.25) is 0 Å². The number of carbonyl (C=O) groups excluding carboxylic acids is 1. The van der Waals surface area contributed by atoms with Gasteiger partial charge in [-0.3, -0.25) is 4.79 Å². The molecule has 11 heavy (non-hydrogen) atoms. The predicted molar refractivity (Wildman–Crippen MR) is 48.8 cm³/mol. The van der Waals surface area contributed by atoms with Crippen LogP contribution in [0.3, 0.4) is 0 Å². The van der Waals surface area contributed by atoms with Crippen molar-refractivity contribution in [2.24, 2.45) is 0 Å². The van der Waals surface area contributed by atoms with E-state index < -0.39 is 0 Å². The van der Waals surface area contributed by atoms with Gasteiger partial charge in [0.15, 0.2) is 0 Å². The van der Waals surface area contributed by atoms with Crippen LogP contribution in [-0.4, -0.2) is 29.1 Å². The second kappa shape index (κ2) is 3.81. The summed E-state index contributed by atoms with van der Waals surface area (Å²) in [5.74, 6) is 0.0465. The summed E-state index contributed by atoms with van der Waals surface area (Å²) < 4.78 is 0. The highest BCUT2D eigenvalue weighted by atomic mass is 32.1. The second-order valence-corrected chi connectivity index (χ2v) is 3.49. The van der Waals surface area contributed by atoms with E-state index in [4.69, 9.17) is 0 Å². The van der Waals surface area contributed by atoms with Crippen LogP contribution in [-0.2, 0) is 4.79 Å². The third-order valence-electron chi connectivity index (χ3n) is 1.95. The first-order valence-electron chi connectivity index (χ1n) is 3.83. The van der Waals surface area contributed by atoms with Gasteiger partial charge in [-0.2, -0.15) is 12.6 Å². The molecular weight excluding hydrogens is 158 g/mol. The molecule has 0 radical (unpaired) electrons. The summed E-state index contributed by atoms with van der Waals surface area (Å²) in [6.07, 6.45) is 3.38. The second-order valence-electron chi connectivity index (χ2n) is 2.76. The van der Waals surface area contributed by atoms with Gasteiger partial charge < -0.3 is 4.90 Å². The van der Waals surface area contributed by atoms with Crippen LogP contribution in [0.4, 0.5) is 0 Å². The monoisotopic (exact) mass is 171 g/mol. The van der Waals surface area contributed by atoms with Gasteiger partial charge in [-0.25, -0.2) is 0 Å². The molecule has 1 aliphatic heterocycles. The van der Waals surface area contributed by atoms with E-state index in [9.17, 15) is 4.79 Å². The quantitative estimate of drug-likeness (QED) is 0.462. The first-order chi connectivity index (χ1) is 5.24. The summed E-state index contributed by atoms with van der Waals surface area (Å²) in [6.45, 7) is 5.11. The van der Waals surface area contributed by atoms with E-state index in [0.29, 0.717) is 5.25 Å².